The maximum absolute atomic E-state index is 14.7. The number of fused-ring (bicyclic) bond motifs is 3. The number of anilines is 3. The molecule has 0 radical (unpaired) electrons. The van der Waals surface area contributed by atoms with Crippen LogP contribution in [-0.2, 0) is 4.79 Å². The van der Waals surface area contributed by atoms with Crippen molar-refractivity contribution in [2.45, 2.75) is 51.1 Å². The Labute approximate surface area is 207 Å². The molecule has 184 valence electrons. The maximum atomic E-state index is 14.7. The average Bonchev–Trinajstić information content (AvgIpc) is 3.46. The quantitative estimate of drug-likeness (QED) is 0.439. The van der Waals surface area contributed by atoms with Gasteiger partial charge in [-0.2, -0.15) is 5.10 Å². The third-order valence-electron chi connectivity index (χ3n) is 6.95. The van der Waals surface area contributed by atoms with Gasteiger partial charge in [-0.05, 0) is 43.0 Å². The van der Waals surface area contributed by atoms with E-state index in [1.165, 1.54) is 0 Å². The van der Waals surface area contributed by atoms with Crippen molar-refractivity contribution in [3.8, 4) is 11.3 Å². The standard InChI is InChI=1S/C26H27FN8O/c1-15(2)20-12-30-35-8-7-16(9-22(20)35)25-21(27)13-29-26(33-25)32-23-6-5-19(11-28-23)34-14-18-4-3-17(31-18)10-24(34)36/h5-9,11-13,15,17-18,31H,3-4,10,14H2,1-2H3,(H,28,29,32,33). The van der Waals surface area contributed by atoms with Gasteiger partial charge in [-0.25, -0.2) is 23.9 Å². The first-order chi connectivity index (χ1) is 17.4. The highest BCUT2D eigenvalue weighted by atomic mass is 19.1. The van der Waals surface area contributed by atoms with Crippen molar-refractivity contribution in [1.29, 1.82) is 0 Å². The zero-order valence-corrected chi connectivity index (χ0v) is 20.1. The van der Waals surface area contributed by atoms with Crippen LogP contribution >= 0.6 is 0 Å². The molecule has 9 nitrogen and oxygen atoms in total. The largest absolute Gasteiger partial charge is 0.309 e. The van der Waals surface area contributed by atoms with Crippen LogP contribution in [-0.4, -0.2) is 49.1 Å². The van der Waals surface area contributed by atoms with Crippen molar-refractivity contribution in [2.24, 2.45) is 0 Å². The molecule has 2 fully saturated rings. The fraction of sp³-hybridized carbons (Fsp3) is 0.346. The van der Waals surface area contributed by atoms with E-state index in [1.807, 2.05) is 18.3 Å². The Hall–Kier alpha value is -3.92. The molecular formula is C26H27FN8O. The van der Waals surface area contributed by atoms with Gasteiger partial charge in [0.15, 0.2) is 5.82 Å². The minimum Gasteiger partial charge on any atom is -0.309 e. The SMILES string of the molecule is CC(C)c1cnn2ccc(-c3nc(Nc4ccc(N5CC6CCC(CC5=O)N6)cn4)ncc3F)cc12. The Morgan fingerprint density at radius 1 is 1.11 bits per heavy atom. The van der Waals surface area contributed by atoms with Crippen LogP contribution in [0, 0.1) is 5.82 Å². The van der Waals surface area contributed by atoms with Gasteiger partial charge in [0.25, 0.3) is 0 Å². The Balaban J connectivity index is 1.24. The summed E-state index contributed by atoms with van der Waals surface area (Å²) < 4.78 is 16.5. The number of amides is 1. The summed E-state index contributed by atoms with van der Waals surface area (Å²) >= 11 is 0. The molecule has 2 atom stereocenters. The van der Waals surface area contributed by atoms with Gasteiger partial charge in [0.2, 0.25) is 11.9 Å². The monoisotopic (exact) mass is 486 g/mol. The van der Waals surface area contributed by atoms with Crippen LogP contribution in [0.4, 0.5) is 21.8 Å². The highest BCUT2D eigenvalue weighted by molar-refractivity contribution is 5.94. The second kappa shape index (κ2) is 8.94. The third kappa shape index (κ3) is 4.17. The highest BCUT2D eigenvalue weighted by Gasteiger charge is 2.34. The first-order valence-corrected chi connectivity index (χ1v) is 12.2. The number of nitrogens with one attached hydrogen (secondary N) is 2. The molecule has 0 aromatic carbocycles. The molecule has 4 aromatic rings. The van der Waals surface area contributed by atoms with Gasteiger partial charge in [0, 0.05) is 42.4 Å². The maximum Gasteiger partial charge on any atom is 0.229 e. The van der Waals surface area contributed by atoms with Crippen molar-refractivity contribution in [3.05, 3.63) is 60.4 Å². The number of nitrogens with zero attached hydrogens (tertiary/aromatic N) is 6. The minimum absolute atomic E-state index is 0.111. The Kier molecular flexibility index (Phi) is 5.60. The first-order valence-electron chi connectivity index (χ1n) is 12.2. The molecule has 4 aromatic heterocycles. The summed E-state index contributed by atoms with van der Waals surface area (Å²) in [6, 6.07) is 7.91. The van der Waals surface area contributed by atoms with Crippen LogP contribution < -0.4 is 15.5 Å². The van der Waals surface area contributed by atoms with Gasteiger partial charge in [0.1, 0.15) is 11.5 Å². The number of hydrogen-bond donors (Lipinski definition) is 2. The van der Waals surface area contributed by atoms with E-state index < -0.39 is 5.82 Å². The molecular weight excluding hydrogens is 459 g/mol. The molecule has 2 N–H and O–H groups in total. The smallest absolute Gasteiger partial charge is 0.229 e. The fourth-order valence-corrected chi connectivity index (χ4v) is 5.06. The molecule has 2 saturated heterocycles. The van der Waals surface area contributed by atoms with Crippen LogP contribution in [0.15, 0.2) is 49.1 Å². The lowest BCUT2D eigenvalue weighted by Gasteiger charge is -2.24. The summed E-state index contributed by atoms with van der Waals surface area (Å²) in [4.78, 5) is 27.5. The van der Waals surface area contributed by atoms with Gasteiger partial charge in [-0.1, -0.05) is 13.8 Å². The number of carbonyl (C=O) groups is 1. The van der Waals surface area contributed by atoms with Gasteiger partial charge in [-0.3, -0.25) is 4.79 Å². The lowest BCUT2D eigenvalue weighted by molar-refractivity contribution is -0.118. The average molecular weight is 487 g/mol. The van der Waals surface area contributed by atoms with E-state index in [4.69, 9.17) is 0 Å². The molecule has 0 spiro atoms. The number of carbonyl (C=O) groups excluding carboxylic acids is 1. The summed E-state index contributed by atoms with van der Waals surface area (Å²) in [5.74, 6) is 0.624. The number of hydrogen-bond acceptors (Lipinski definition) is 7. The molecule has 2 aliphatic heterocycles. The van der Waals surface area contributed by atoms with Gasteiger partial charge >= 0.3 is 0 Å². The molecule has 0 aliphatic carbocycles. The van der Waals surface area contributed by atoms with Crippen LogP contribution in [0.5, 0.6) is 0 Å². The lowest BCUT2D eigenvalue weighted by atomic mass is 10.0. The predicted molar refractivity (Wildman–Crippen MR) is 135 cm³/mol. The second-order valence-corrected chi connectivity index (χ2v) is 9.76. The zero-order chi connectivity index (χ0) is 24.8. The van der Waals surface area contributed by atoms with Crippen molar-refractivity contribution in [3.63, 3.8) is 0 Å². The van der Waals surface area contributed by atoms with Crippen molar-refractivity contribution < 1.29 is 9.18 Å². The van der Waals surface area contributed by atoms with Gasteiger partial charge in [-0.15, -0.1) is 0 Å². The predicted octanol–water partition coefficient (Wildman–Crippen LogP) is 4.05. The summed E-state index contributed by atoms with van der Waals surface area (Å²) in [6.07, 6.45) is 9.11. The van der Waals surface area contributed by atoms with E-state index >= 15 is 0 Å². The van der Waals surface area contributed by atoms with Crippen LogP contribution in [0.2, 0.25) is 0 Å². The van der Waals surface area contributed by atoms with E-state index in [0.29, 0.717) is 30.4 Å². The van der Waals surface area contributed by atoms with E-state index in [1.54, 1.807) is 33.9 Å². The summed E-state index contributed by atoms with van der Waals surface area (Å²) in [7, 11) is 0. The van der Waals surface area contributed by atoms with Crippen LogP contribution in [0.25, 0.3) is 16.8 Å². The Morgan fingerprint density at radius 3 is 2.78 bits per heavy atom. The topological polar surface area (TPSA) is 100 Å². The number of rotatable bonds is 5. The Bertz CT molecular complexity index is 1430. The Morgan fingerprint density at radius 2 is 1.97 bits per heavy atom. The van der Waals surface area contributed by atoms with Crippen molar-refractivity contribution in [1.82, 2.24) is 29.9 Å². The summed E-state index contributed by atoms with van der Waals surface area (Å²) in [5.41, 5.74) is 3.59. The van der Waals surface area contributed by atoms with E-state index in [2.05, 4.69) is 44.5 Å². The third-order valence-corrected chi connectivity index (χ3v) is 6.95. The van der Waals surface area contributed by atoms with Crippen molar-refractivity contribution >= 4 is 28.9 Å². The molecule has 2 aliphatic rings. The van der Waals surface area contributed by atoms with Gasteiger partial charge < -0.3 is 15.5 Å². The number of pyridine rings is 2. The van der Waals surface area contributed by atoms with E-state index in [9.17, 15) is 9.18 Å². The van der Waals surface area contributed by atoms with Crippen LogP contribution in [0.1, 0.15) is 44.6 Å². The molecule has 2 bridgehead atoms. The minimum atomic E-state index is -0.513. The number of halogens is 1. The normalized spacial score (nSPS) is 19.8. The molecule has 0 saturated carbocycles. The first kappa shape index (κ1) is 22.5. The molecule has 36 heavy (non-hydrogen) atoms. The zero-order valence-electron chi connectivity index (χ0n) is 20.1. The molecule has 6 heterocycles. The summed E-state index contributed by atoms with van der Waals surface area (Å²) in [5, 5.41) is 10.9. The van der Waals surface area contributed by atoms with E-state index in [-0.39, 0.29) is 29.5 Å². The van der Waals surface area contributed by atoms with Crippen LogP contribution in [0.3, 0.4) is 0 Å². The van der Waals surface area contributed by atoms with E-state index in [0.717, 1.165) is 35.8 Å². The fourth-order valence-electron chi connectivity index (χ4n) is 5.06. The summed E-state index contributed by atoms with van der Waals surface area (Å²) in [6.45, 7) is 4.84. The molecule has 1 amide bonds. The van der Waals surface area contributed by atoms with Gasteiger partial charge in [0.05, 0.1) is 29.8 Å². The molecule has 6 rings (SSSR count). The second-order valence-electron chi connectivity index (χ2n) is 9.76. The molecule has 10 heteroatoms. The highest BCUT2D eigenvalue weighted by Crippen LogP contribution is 2.28. The molecule has 2 unspecified atom stereocenters. The van der Waals surface area contributed by atoms with Crippen molar-refractivity contribution in [2.75, 3.05) is 16.8 Å². The number of aromatic nitrogens is 5. The lowest BCUT2D eigenvalue weighted by Crippen LogP contribution is -2.37.